The molecule has 204 valence electrons. The molecule has 0 aliphatic heterocycles. The molecule has 2 aliphatic rings. The zero-order valence-corrected chi connectivity index (χ0v) is 24.1. The lowest BCUT2D eigenvalue weighted by Gasteiger charge is -2.39. The van der Waals surface area contributed by atoms with Gasteiger partial charge in [-0.2, -0.15) is 4.98 Å². The lowest BCUT2D eigenvalue weighted by molar-refractivity contribution is -0.124. The molecule has 2 heterocycles. The van der Waals surface area contributed by atoms with Crippen LogP contribution in [0.2, 0.25) is 5.15 Å². The number of ether oxygens (including phenoxy) is 1. The van der Waals surface area contributed by atoms with Gasteiger partial charge in [0.25, 0.3) is 0 Å². The highest BCUT2D eigenvalue weighted by molar-refractivity contribution is 7.15. The summed E-state index contributed by atoms with van der Waals surface area (Å²) in [6.45, 7) is 8.28. The first kappa shape index (κ1) is 28.4. The Morgan fingerprint density at radius 1 is 1.11 bits per heavy atom. The highest BCUT2D eigenvalue weighted by Crippen LogP contribution is 2.39. The number of carbonyl (C=O) groups is 2. The smallest absolute Gasteiger partial charge is 0.348 e. The molecule has 1 N–H and O–H groups in total. The van der Waals surface area contributed by atoms with E-state index in [1.54, 1.807) is 17.2 Å². The number of anilines is 1. The van der Waals surface area contributed by atoms with Crippen LogP contribution >= 0.6 is 22.9 Å². The summed E-state index contributed by atoms with van der Waals surface area (Å²) in [6.07, 6.45) is 9.48. The highest BCUT2D eigenvalue weighted by atomic mass is 35.5. The van der Waals surface area contributed by atoms with Crippen molar-refractivity contribution >= 4 is 40.5 Å². The van der Waals surface area contributed by atoms with Gasteiger partial charge in [0.05, 0.1) is 23.0 Å². The number of carboxylic acids is 1. The Labute approximate surface area is 234 Å². The number of hydrogen-bond donors (Lipinski definition) is 1. The third kappa shape index (κ3) is 7.27. The van der Waals surface area contributed by atoms with Crippen LogP contribution in [0.25, 0.3) is 0 Å². The minimum absolute atomic E-state index is 0.0395. The molecule has 2 aromatic heterocycles. The normalized spacial score (nSPS) is 23.7. The number of amides is 1. The third-order valence-electron chi connectivity index (χ3n) is 7.21. The minimum Gasteiger partial charge on any atom is -0.477 e. The first-order chi connectivity index (χ1) is 18.0. The summed E-state index contributed by atoms with van der Waals surface area (Å²) in [6, 6.07) is 1.70. The highest BCUT2D eigenvalue weighted by Gasteiger charge is 2.38. The molecule has 0 radical (unpaired) electrons. The van der Waals surface area contributed by atoms with E-state index in [2.05, 4.69) is 28.7 Å². The fourth-order valence-corrected chi connectivity index (χ4v) is 6.18. The second-order valence-electron chi connectivity index (χ2n) is 11.5. The molecule has 38 heavy (non-hydrogen) atoms. The Morgan fingerprint density at radius 2 is 1.79 bits per heavy atom. The Morgan fingerprint density at radius 3 is 2.39 bits per heavy atom. The Hall–Kier alpha value is -2.63. The summed E-state index contributed by atoms with van der Waals surface area (Å²) in [7, 11) is 0. The van der Waals surface area contributed by atoms with Crippen molar-refractivity contribution in [2.24, 2.45) is 17.3 Å². The summed E-state index contributed by atoms with van der Waals surface area (Å²) in [4.78, 5) is 37.2. The number of hydrogen-bond acceptors (Lipinski definition) is 6. The first-order valence-electron chi connectivity index (χ1n) is 13.4. The van der Waals surface area contributed by atoms with Crippen molar-refractivity contribution in [2.75, 3.05) is 4.90 Å². The number of carboxylic acid groups (broad SMARTS) is 1. The molecule has 0 spiro atoms. The van der Waals surface area contributed by atoms with E-state index in [0.29, 0.717) is 48.0 Å². The molecular weight excluding hydrogens is 522 g/mol. The number of carbonyl (C=O) groups excluding carboxylic acids is 1. The maximum Gasteiger partial charge on any atom is 0.348 e. The van der Waals surface area contributed by atoms with Crippen LogP contribution in [0.15, 0.2) is 18.5 Å². The van der Waals surface area contributed by atoms with E-state index in [9.17, 15) is 14.7 Å². The molecule has 2 saturated carbocycles. The van der Waals surface area contributed by atoms with E-state index >= 15 is 0 Å². The van der Waals surface area contributed by atoms with E-state index in [1.165, 1.54) is 6.20 Å². The lowest BCUT2D eigenvalue weighted by atomic mass is 9.81. The summed E-state index contributed by atoms with van der Waals surface area (Å²) in [5.74, 6) is 6.26. The van der Waals surface area contributed by atoms with Crippen molar-refractivity contribution in [3.05, 3.63) is 33.4 Å². The standard InChI is InChI=1S/C29H36ClN3O4S/c1-18-5-7-19(8-6-18)27(34)33(23-15-22(13-14-29(2,3)4)38-26(23)28(35)36)20-9-11-21(12-10-20)37-25-17-31-16-24(30)32-25/h15-21H,5-12H2,1-4H3,(H,35,36). The molecule has 2 fully saturated rings. The number of nitrogens with zero attached hydrogens (tertiary/aromatic N) is 3. The lowest BCUT2D eigenvalue weighted by Crippen LogP contribution is -2.47. The average Bonchev–Trinajstić information content (AvgIpc) is 3.28. The fourth-order valence-electron chi connectivity index (χ4n) is 5.20. The largest absolute Gasteiger partial charge is 0.477 e. The van der Waals surface area contributed by atoms with Crippen LogP contribution in [-0.4, -0.2) is 39.1 Å². The molecule has 1 amide bonds. The Kier molecular flexibility index (Phi) is 9.00. The van der Waals surface area contributed by atoms with Gasteiger partial charge in [-0.25, -0.2) is 4.79 Å². The summed E-state index contributed by atoms with van der Waals surface area (Å²) in [5.41, 5.74) is 0.266. The topological polar surface area (TPSA) is 92.6 Å². The van der Waals surface area contributed by atoms with Crippen molar-refractivity contribution in [1.29, 1.82) is 0 Å². The quantitative estimate of drug-likeness (QED) is 0.391. The van der Waals surface area contributed by atoms with Crippen molar-refractivity contribution in [3.63, 3.8) is 0 Å². The van der Waals surface area contributed by atoms with Gasteiger partial charge < -0.3 is 14.7 Å². The van der Waals surface area contributed by atoms with Crippen LogP contribution in [-0.2, 0) is 4.79 Å². The molecule has 2 aromatic rings. The number of thiophene rings is 1. The second kappa shape index (κ2) is 12.0. The SMILES string of the molecule is CC1CCC(C(=O)N(c2cc(C#CC(C)(C)C)sc2C(=O)O)C2CCC(Oc3cncc(Cl)n3)CC2)CC1. The number of aromatic nitrogens is 2. The van der Waals surface area contributed by atoms with Gasteiger partial charge in [-0.3, -0.25) is 9.78 Å². The van der Waals surface area contributed by atoms with Crippen molar-refractivity contribution < 1.29 is 19.4 Å². The monoisotopic (exact) mass is 557 g/mol. The van der Waals surface area contributed by atoms with E-state index < -0.39 is 5.97 Å². The van der Waals surface area contributed by atoms with Crippen LogP contribution in [0.5, 0.6) is 5.88 Å². The molecule has 0 aromatic carbocycles. The van der Waals surface area contributed by atoms with Gasteiger partial charge in [-0.1, -0.05) is 30.4 Å². The van der Waals surface area contributed by atoms with Gasteiger partial charge in [0.1, 0.15) is 11.0 Å². The summed E-state index contributed by atoms with van der Waals surface area (Å²) < 4.78 is 6.02. The van der Waals surface area contributed by atoms with Gasteiger partial charge in [0.15, 0.2) is 5.15 Å². The molecule has 9 heteroatoms. The van der Waals surface area contributed by atoms with E-state index in [0.717, 1.165) is 37.0 Å². The Bertz CT molecular complexity index is 1210. The molecule has 4 rings (SSSR count). The van der Waals surface area contributed by atoms with Gasteiger partial charge >= 0.3 is 5.97 Å². The average molecular weight is 558 g/mol. The van der Waals surface area contributed by atoms with E-state index in [4.69, 9.17) is 16.3 Å². The second-order valence-corrected chi connectivity index (χ2v) is 13.0. The maximum atomic E-state index is 14.1. The predicted octanol–water partition coefficient (Wildman–Crippen LogP) is 6.84. The summed E-state index contributed by atoms with van der Waals surface area (Å²) in [5, 5.41) is 10.4. The van der Waals surface area contributed by atoms with Crippen LogP contribution < -0.4 is 9.64 Å². The first-order valence-corrected chi connectivity index (χ1v) is 14.6. The van der Waals surface area contributed by atoms with Crippen molar-refractivity contribution in [3.8, 4) is 17.7 Å². The maximum absolute atomic E-state index is 14.1. The predicted molar refractivity (Wildman–Crippen MR) is 150 cm³/mol. The zero-order chi connectivity index (χ0) is 27.4. The van der Waals surface area contributed by atoms with Gasteiger partial charge in [-0.15, -0.1) is 11.3 Å². The van der Waals surface area contributed by atoms with Crippen molar-refractivity contribution in [2.45, 2.75) is 91.2 Å². The van der Waals surface area contributed by atoms with Gasteiger partial charge in [0.2, 0.25) is 11.8 Å². The Balaban J connectivity index is 1.60. The van der Waals surface area contributed by atoms with E-state index in [1.807, 2.05) is 20.8 Å². The number of halogens is 1. The van der Waals surface area contributed by atoms with Gasteiger partial charge in [0, 0.05) is 17.4 Å². The van der Waals surface area contributed by atoms with Crippen LogP contribution in [0.1, 0.15) is 93.6 Å². The van der Waals surface area contributed by atoms with Crippen molar-refractivity contribution in [1.82, 2.24) is 9.97 Å². The summed E-state index contributed by atoms with van der Waals surface area (Å²) >= 11 is 7.10. The third-order valence-corrected chi connectivity index (χ3v) is 8.42. The number of rotatable bonds is 6. The molecule has 7 nitrogen and oxygen atoms in total. The molecule has 0 saturated heterocycles. The van der Waals surface area contributed by atoms with Gasteiger partial charge in [-0.05, 0) is 84.1 Å². The zero-order valence-electron chi connectivity index (χ0n) is 22.5. The molecular formula is C29H36ClN3O4S. The fraction of sp³-hybridized carbons (Fsp3) is 0.586. The van der Waals surface area contributed by atoms with Crippen LogP contribution in [0.3, 0.4) is 0 Å². The molecule has 0 unspecified atom stereocenters. The minimum atomic E-state index is -1.03. The molecule has 0 atom stereocenters. The molecule has 0 bridgehead atoms. The molecule has 2 aliphatic carbocycles. The van der Waals surface area contributed by atoms with Crippen LogP contribution in [0, 0.1) is 29.1 Å². The van der Waals surface area contributed by atoms with Crippen LogP contribution in [0.4, 0.5) is 5.69 Å². The van der Waals surface area contributed by atoms with E-state index in [-0.39, 0.29) is 39.4 Å². The number of aromatic carboxylic acids is 1.